The summed E-state index contributed by atoms with van der Waals surface area (Å²) in [4.78, 5) is 4.90. The van der Waals surface area contributed by atoms with Crippen LogP contribution in [0.25, 0.3) is 0 Å². The molecule has 0 N–H and O–H groups in total. The van der Waals surface area contributed by atoms with Crippen molar-refractivity contribution in [3.8, 4) is 0 Å². The minimum absolute atomic E-state index is 0.572. The van der Waals surface area contributed by atoms with Crippen molar-refractivity contribution in [2.24, 2.45) is 4.99 Å². The summed E-state index contributed by atoms with van der Waals surface area (Å²) in [5.41, 5.74) is 0.669. The number of halogens is 1. The van der Waals surface area contributed by atoms with Crippen molar-refractivity contribution < 1.29 is 8.42 Å². The molecular formula is C8H6ClNO2S2. The van der Waals surface area contributed by atoms with Crippen LogP contribution in [-0.2, 0) is 18.7 Å². The predicted octanol–water partition coefficient (Wildman–Crippen LogP) is 2.17. The Morgan fingerprint density at radius 2 is 2.14 bits per heavy atom. The quantitative estimate of drug-likeness (QED) is 0.705. The highest BCUT2D eigenvalue weighted by Gasteiger charge is 2.19. The first-order valence-corrected chi connectivity index (χ1v) is 6.98. The molecule has 6 heteroatoms. The van der Waals surface area contributed by atoms with E-state index in [1.165, 1.54) is 0 Å². The molecule has 0 saturated heterocycles. The molecule has 0 spiro atoms. The lowest BCUT2D eigenvalue weighted by atomic mass is 10.3. The lowest BCUT2D eigenvalue weighted by Gasteiger charge is -1.96. The monoisotopic (exact) mass is 247 g/mol. The van der Waals surface area contributed by atoms with Crippen LogP contribution in [0.15, 0.2) is 28.1 Å². The highest BCUT2D eigenvalue weighted by molar-refractivity contribution is 8.42. The Kier molecular flexibility index (Phi) is 2.47. The molecule has 0 aliphatic carbocycles. The number of rotatable bonds is 0. The molecule has 1 unspecified atom stereocenters. The van der Waals surface area contributed by atoms with Gasteiger partial charge in [0.1, 0.15) is 0 Å². The van der Waals surface area contributed by atoms with Crippen molar-refractivity contribution in [3.63, 3.8) is 0 Å². The van der Waals surface area contributed by atoms with E-state index in [1.807, 2.05) is 0 Å². The molecule has 1 atom stereocenters. The fraction of sp³-hybridized carbons (Fsp3) is 0.125. The second kappa shape index (κ2) is 3.49. The van der Waals surface area contributed by atoms with Crippen molar-refractivity contribution >= 4 is 41.0 Å². The molecule has 1 aromatic carbocycles. The Morgan fingerprint density at radius 1 is 1.43 bits per heavy atom. The molecule has 1 aliphatic rings. The summed E-state index contributed by atoms with van der Waals surface area (Å²) in [5, 5.41) is 1.19. The molecule has 2 rings (SSSR count). The molecule has 74 valence electrons. The van der Waals surface area contributed by atoms with Crippen molar-refractivity contribution in [1.29, 1.82) is 0 Å². The summed E-state index contributed by atoms with van der Waals surface area (Å²) in [6.45, 7) is 1.72. The maximum atomic E-state index is 11.0. The Balaban J connectivity index is 2.81. The van der Waals surface area contributed by atoms with Crippen molar-refractivity contribution in [2.75, 3.05) is 0 Å². The van der Waals surface area contributed by atoms with Gasteiger partial charge in [0.05, 0.1) is 10.7 Å². The Hall–Kier alpha value is -0.650. The van der Waals surface area contributed by atoms with E-state index >= 15 is 0 Å². The summed E-state index contributed by atoms with van der Waals surface area (Å²) in [6, 6.07) is 5.08. The molecule has 3 nitrogen and oxygen atoms in total. The standard InChI is InChI=1S/C8H6ClNO2S2/c1-5-10-7-4-6(9)2-3-8(7)13(5)14(11)12/h2-4H,1H3. The highest BCUT2D eigenvalue weighted by atomic mass is 35.5. The van der Waals surface area contributed by atoms with Gasteiger partial charge < -0.3 is 0 Å². The molecule has 0 aromatic heterocycles. The summed E-state index contributed by atoms with van der Waals surface area (Å²) in [6.07, 6.45) is 0. The third-order valence-corrected chi connectivity index (χ3v) is 5.76. The van der Waals surface area contributed by atoms with Crippen LogP contribution in [0.4, 0.5) is 5.69 Å². The van der Waals surface area contributed by atoms with Gasteiger partial charge in [-0.1, -0.05) is 11.6 Å². The van der Waals surface area contributed by atoms with Gasteiger partial charge in [-0.15, -0.1) is 0 Å². The van der Waals surface area contributed by atoms with Gasteiger partial charge in [-0.25, -0.2) is 4.99 Å². The van der Waals surface area contributed by atoms with Crippen LogP contribution in [-0.4, -0.2) is 13.5 Å². The third-order valence-electron chi connectivity index (χ3n) is 1.80. The summed E-state index contributed by atoms with van der Waals surface area (Å²) < 4.78 is 21.9. The van der Waals surface area contributed by atoms with E-state index in [-0.39, 0.29) is 0 Å². The van der Waals surface area contributed by atoms with Crippen LogP contribution in [0.3, 0.4) is 0 Å². The van der Waals surface area contributed by atoms with Crippen molar-refractivity contribution in [3.05, 3.63) is 23.2 Å². The third kappa shape index (κ3) is 1.51. The average Bonchev–Trinajstić information content (AvgIpc) is 2.39. The van der Waals surface area contributed by atoms with E-state index in [0.29, 0.717) is 15.8 Å². The van der Waals surface area contributed by atoms with Crippen LogP contribution in [0.5, 0.6) is 0 Å². The minimum atomic E-state index is -2.14. The fourth-order valence-corrected chi connectivity index (χ4v) is 4.34. The van der Waals surface area contributed by atoms with Gasteiger partial charge in [0.2, 0.25) is 0 Å². The molecular weight excluding hydrogens is 242 g/mol. The Labute approximate surface area is 89.6 Å². The van der Waals surface area contributed by atoms with Crippen LogP contribution < -0.4 is 0 Å². The van der Waals surface area contributed by atoms with Gasteiger partial charge in [0.25, 0.3) is 9.26 Å². The summed E-state index contributed by atoms with van der Waals surface area (Å²) >= 11 is 5.78. The van der Waals surface area contributed by atoms with Gasteiger partial charge in [-0.2, -0.15) is 8.42 Å². The van der Waals surface area contributed by atoms with E-state index in [1.54, 1.807) is 25.1 Å². The smallest absolute Gasteiger partial charge is 0.245 e. The van der Waals surface area contributed by atoms with E-state index in [4.69, 9.17) is 11.6 Å². The van der Waals surface area contributed by atoms with E-state index in [9.17, 15) is 8.42 Å². The molecule has 0 radical (unpaired) electrons. The van der Waals surface area contributed by atoms with Crippen LogP contribution in [0.1, 0.15) is 6.92 Å². The van der Waals surface area contributed by atoms with E-state index in [2.05, 4.69) is 4.99 Å². The summed E-state index contributed by atoms with van der Waals surface area (Å²) in [7, 11) is -3.03. The second-order valence-electron chi connectivity index (χ2n) is 2.72. The normalized spacial score (nSPS) is 19.0. The number of benzene rings is 1. The van der Waals surface area contributed by atoms with Crippen LogP contribution in [0, 0.1) is 0 Å². The number of fused-ring (bicyclic) bond motifs is 1. The number of hydrogen-bond donors (Lipinski definition) is 0. The first-order chi connectivity index (χ1) is 6.59. The van der Waals surface area contributed by atoms with Gasteiger partial charge in [0.15, 0.2) is 0 Å². The van der Waals surface area contributed by atoms with Gasteiger partial charge in [0, 0.05) is 19.4 Å². The first-order valence-electron chi connectivity index (χ1n) is 3.78. The number of hydrogen-bond acceptors (Lipinski definition) is 3. The number of nitrogens with zero attached hydrogens (tertiary/aromatic N) is 1. The zero-order chi connectivity index (χ0) is 10.3. The molecule has 1 aromatic rings. The van der Waals surface area contributed by atoms with Gasteiger partial charge >= 0.3 is 0 Å². The maximum Gasteiger partial charge on any atom is 0.251 e. The molecule has 0 saturated carbocycles. The largest absolute Gasteiger partial charge is 0.251 e. The van der Waals surface area contributed by atoms with Crippen LogP contribution in [0.2, 0.25) is 5.02 Å². The lowest BCUT2D eigenvalue weighted by Crippen LogP contribution is -1.97. The molecule has 0 amide bonds. The first kappa shape index (κ1) is 9.89. The second-order valence-corrected chi connectivity index (χ2v) is 6.95. The molecule has 14 heavy (non-hydrogen) atoms. The lowest BCUT2D eigenvalue weighted by molar-refractivity contribution is 0.628. The predicted molar refractivity (Wildman–Crippen MR) is 58.8 cm³/mol. The van der Waals surface area contributed by atoms with Gasteiger partial charge in [-0.05, 0) is 25.1 Å². The zero-order valence-electron chi connectivity index (χ0n) is 7.19. The molecule has 1 aliphatic heterocycles. The topological polar surface area (TPSA) is 46.5 Å². The zero-order valence-corrected chi connectivity index (χ0v) is 9.58. The van der Waals surface area contributed by atoms with Crippen LogP contribution >= 0.6 is 11.6 Å². The maximum absolute atomic E-state index is 11.0. The van der Waals surface area contributed by atoms with Gasteiger partial charge in [-0.3, -0.25) is 0 Å². The fourth-order valence-electron chi connectivity index (χ4n) is 1.28. The van der Waals surface area contributed by atoms with E-state index in [0.717, 1.165) is 4.90 Å². The van der Waals surface area contributed by atoms with Crippen molar-refractivity contribution in [1.82, 2.24) is 0 Å². The average molecular weight is 248 g/mol. The molecule has 0 fully saturated rings. The molecule has 0 bridgehead atoms. The molecule has 1 heterocycles. The number of aliphatic imine (C=N–C) groups is 1. The SMILES string of the molecule is CC1=Nc2cc(Cl)ccc2S1=S(=O)=O. The summed E-state index contributed by atoms with van der Waals surface area (Å²) in [5.74, 6) is 0. The minimum Gasteiger partial charge on any atom is -0.245 e. The Bertz CT molecular complexity index is 567. The Morgan fingerprint density at radius 3 is 2.79 bits per heavy atom. The van der Waals surface area contributed by atoms with Crippen molar-refractivity contribution in [2.45, 2.75) is 11.8 Å². The highest BCUT2D eigenvalue weighted by Crippen LogP contribution is 2.33. The van der Waals surface area contributed by atoms with E-state index < -0.39 is 18.7 Å².